The van der Waals surface area contributed by atoms with Crippen molar-refractivity contribution in [3.8, 4) is 0 Å². The van der Waals surface area contributed by atoms with Crippen LogP contribution in [-0.4, -0.2) is 27.5 Å². The summed E-state index contributed by atoms with van der Waals surface area (Å²) in [4.78, 5) is 28.9. The average Bonchev–Trinajstić information content (AvgIpc) is 2.51. The van der Waals surface area contributed by atoms with Crippen molar-refractivity contribution in [2.75, 3.05) is 11.6 Å². The van der Waals surface area contributed by atoms with Crippen LogP contribution in [0.15, 0.2) is 40.4 Å². The molecule has 0 spiro atoms. The molecule has 0 atom stereocenters. The number of carbonyl (C=O) groups is 1. The number of nitrogens with one attached hydrogen (secondary N) is 1. The number of ether oxygens (including phenoxy) is 1. The highest BCUT2D eigenvalue weighted by Crippen LogP contribution is 2.16. The van der Waals surface area contributed by atoms with Crippen molar-refractivity contribution in [2.45, 2.75) is 38.1 Å². The largest absolute Gasteiger partial charge is 0.444 e. The second-order valence-corrected chi connectivity index (χ2v) is 7.51. The second-order valence-electron chi connectivity index (χ2n) is 6.30. The molecule has 2 aromatic rings. The van der Waals surface area contributed by atoms with E-state index in [0.717, 1.165) is 5.56 Å². The maximum atomic E-state index is 12.7. The van der Waals surface area contributed by atoms with Crippen LogP contribution in [-0.2, 0) is 11.3 Å². The lowest BCUT2D eigenvalue weighted by Gasteiger charge is -2.20. The van der Waals surface area contributed by atoms with Crippen LogP contribution in [0, 0.1) is 0 Å². The van der Waals surface area contributed by atoms with Gasteiger partial charge in [-0.15, -0.1) is 0 Å². The SMILES string of the molecule is CSc1ncc(NC(=O)OC(C)(C)C)c(=O)n1Cc1ccc(Cl)cc1. The molecule has 1 aromatic carbocycles. The molecule has 1 aromatic heterocycles. The minimum atomic E-state index is -0.693. The number of amides is 1. The molecule has 25 heavy (non-hydrogen) atoms. The first kappa shape index (κ1) is 19.3. The minimum Gasteiger partial charge on any atom is -0.444 e. The monoisotopic (exact) mass is 381 g/mol. The zero-order chi connectivity index (χ0) is 18.6. The smallest absolute Gasteiger partial charge is 0.412 e. The van der Waals surface area contributed by atoms with Gasteiger partial charge in [0.15, 0.2) is 5.16 Å². The predicted octanol–water partition coefficient (Wildman–Crippen LogP) is 4.01. The zero-order valence-electron chi connectivity index (χ0n) is 14.5. The molecule has 0 unspecified atom stereocenters. The Bertz CT molecular complexity index is 813. The van der Waals surface area contributed by atoms with Crippen molar-refractivity contribution in [1.82, 2.24) is 9.55 Å². The molecule has 1 heterocycles. The average molecular weight is 382 g/mol. The Balaban J connectivity index is 2.31. The van der Waals surface area contributed by atoms with E-state index in [1.807, 2.05) is 18.4 Å². The van der Waals surface area contributed by atoms with Crippen LogP contribution < -0.4 is 10.9 Å². The van der Waals surface area contributed by atoms with Crippen LogP contribution in [0.5, 0.6) is 0 Å². The first-order chi connectivity index (χ1) is 11.7. The van der Waals surface area contributed by atoms with Gasteiger partial charge in [0.2, 0.25) is 0 Å². The normalized spacial score (nSPS) is 11.2. The summed E-state index contributed by atoms with van der Waals surface area (Å²) in [5.74, 6) is 0. The quantitative estimate of drug-likeness (QED) is 0.639. The summed E-state index contributed by atoms with van der Waals surface area (Å²) >= 11 is 7.24. The Hall–Kier alpha value is -1.99. The molecule has 2 rings (SSSR count). The third-order valence-electron chi connectivity index (χ3n) is 3.08. The minimum absolute atomic E-state index is 0.0704. The lowest BCUT2D eigenvalue weighted by atomic mass is 10.2. The second kappa shape index (κ2) is 7.93. The topological polar surface area (TPSA) is 73.2 Å². The van der Waals surface area contributed by atoms with E-state index in [1.54, 1.807) is 32.9 Å². The number of nitrogens with zero attached hydrogens (tertiary/aromatic N) is 2. The zero-order valence-corrected chi connectivity index (χ0v) is 16.1. The lowest BCUT2D eigenvalue weighted by Crippen LogP contribution is -2.32. The predicted molar refractivity (Wildman–Crippen MR) is 101 cm³/mol. The third kappa shape index (κ3) is 5.51. The number of carbonyl (C=O) groups excluding carboxylic acids is 1. The van der Waals surface area contributed by atoms with Gasteiger partial charge < -0.3 is 4.74 Å². The number of thioether (sulfide) groups is 1. The highest BCUT2D eigenvalue weighted by Gasteiger charge is 2.18. The van der Waals surface area contributed by atoms with Crippen molar-refractivity contribution in [1.29, 1.82) is 0 Å². The van der Waals surface area contributed by atoms with Crippen molar-refractivity contribution in [3.05, 3.63) is 51.4 Å². The fourth-order valence-electron chi connectivity index (χ4n) is 2.05. The Morgan fingerprint density at radius 3 is 2.52 bits per heavy atom. The Morgan fingerprint density at radius 1 is 1.32 bits per heavy atom. The van der Waals surface area contributed by atoms with Gasteiger partial charge in [0.1, 0.15) is 11.3 Å². The van der Waals surface area contributed by atoms with Gasteiger partial charge in [0.25, 0.3) is 5.56 Å². The molecular weight excluding hydrogens is 362 g/mol. The summed E-state index contributed by atoms with van der Waals surface area (Å²) < 4.78 is 6.68. The van der Waals surface area contributed by atoms with Crippen molar-refractivity contribution >= 4 is 35.1 Å². The number of benzene rings is 1. The van der Waals surface area contributed by atoms with E-state index < -0.39 is 11.7 Å². The van der Waals surface area contributed by atoms with Crippen LogP contribution in [0.25, 0.3) is 0 Å². The molecule has 0 bridgehead atoms. The highest BCUT2D eigenvalue weighted by atomic mass is 35.5. The summed E-state index contributed by atoms with van der Waals surface area (Å²) in [6, 6.07) is 7.20. The molecule has 0 radical (unpaired) electrons. The van der Waals surface area contributed by atoms with Crippen LogP contribution in [0.2, 0.25) is 5.02 Å². The van der Waals surface area contributed by atoms with Gasteiger partial charge in [-0.1, -0.05) is 35.5 Å². The van der Waals surface area contributed by atoms with Crippen molar-refractivity contribution in [3.63, 3.8) is 0 Å². The number of anilines is 1. The molecule has 1 N–H and O–H groups in total. The van der Waals surface area contributed by atoms with Crippen molar-refractivity contribution in [2.24, 2.45) is 0 Å². The summed E-state index contributed by atoms with van der Waals surface area (Å²) in [5, 5.41) is 3.64. The number of halogens is 1. The molecule has 0 aliphatic carbocycles. The molecule has 0 aliphatic rings. The molecule has 6 nitrogen and oxygen atoms in total. The maximum absolute atomic E-state index is 12.7. The molecular formula is C17H20ClN3O3S. The van der Waals surface area contributed by atoms with E-state index in [0.29, 0.717) is 16.7 Å². The van der Waals surface area contributed by atoms with Gasteiger partial charge >= 0.3 is 6.09 Å². The molecule has 0 fully saturated rings. The fraction of sp³-hybridized carbons (Fsp3) is 0.353. The number of rotatable bonds is 4. The molecule has 134 valence electrons. The first-order valence-electron chi connectivity index (χ1n) is 7.58. The van der Waals surface area contributed by atoms with Crippen LogP contribution in [0.3, 0.4) is 0 Å². The van der Waals surface area contributed by atoms with Gasteiger partial charge in [0, 0.05) is 5.02 Å². The summed E-state index contributed by atoms with van der Waals surface area (Å²) in [6.45, 7) is 5.57. The first-order valence-corrected chi connectivity index (χ1v) is 9.18. The lowest BCUT2D eigenvalue weighted by molar-refractivity contribution is 0.0635. The summed E-state index contributed by atoms with van der Waals surface area (Å²) in [5.41, 5.74) is -0.0295. The number of hydrogen-bond acceptors (Lipinski definition) is 5. The number of hydrogen-bond donors (Lipinski definition) is 1. The Labute approximate surface area is 155 Å². The van der Waals surface area contributed by atoms with E-state index in [4.69, 9.17) is 16.3 Å². The van der Waals surface area contributed by atoms with Crippen molar-refractivity contribution < 1.29 is 9.53 Å². The van der Waals surface area contributed by atoms with E-state index in [1.165, 1.54) is 22.5 Å². The van der Waals surface area contributed by atoms with E-state index in [2.05, 4.69) is 10.3 Å². The van der Waals surface area contributed by atoms with E-state index in [-0.39, 0.29) is 11.2 Å². The van der Waals surface area contributed by atoms with E-state index in [9.17, 15) is 9.59 Å². The van der Waals surface area contributed by atoms with Gasteiger partial charge in [-0.25, -0.2) is 9.78 Å². The number of aromatic nitrogens is 2. The Kier molecular flexibility index (Phi) is 6.13. The Morgan fingerprint density at radius 2 is 1.96 bits per heavy atom. The third-order valence-corrected chi connectivity index (χ3v) is 4.03. The summed E-state index contributed by atoms with van der Waals surface area (Å²) in [7, 11) is 0. The van der Waals surface area contributed by atoms with Gasteiger partial charge in [-0.3, -0.25) is 14.7 Å². The fourth-order valence-corrected chi connectivity index (χ4v) is 2.70. The van der Waals surface area contributed by atoms with Crippen LogP contribution in [0.1, 0.15) is 26.3 Å². The summed E-state index contributed by atoms with van der Waals surface area (Å²) in [6.07, 6.45) is 2.48. The van der Waals surface area contributed by atoms with Gasteiger partial charge in [-0.2, -0.15) is 0 Å². The van der Waals surface area contributed by atoms with E-state index >= 15 is 0 Å². The van der Waals surface area contributed by atoms with Gasteiger partial charge in [-0.05, 0) is 44.7 Å². The molecule has 0 saturated heterocycles. The highest BCUT2D eigenvalue weighted by molar-refractivity contribution is 7.98. The molecule has 8 heteroatoms. The molecule has 0 aliphatic heterocycles. The van der Waals surface area contributed by atoms with Crippen LogP contribution >= 0.6 is 23.4 Å². The standard InChI is InChI=1S/C17H20ClN3O3S/c1-17(2,3)24-16(23)20-13-9-19-15(25-4)21(14(13)22)10-11-5-7-12(18)8-6-11/h5-9H,10H2,1-4H3,(H,20,23). The molecule has 0 saturated carbocycles. The van der Waals surface area contributed by atoms with Gasteiger partial charge in [0.05, 0.1) is 12.7 Å². The maximum Gasteiger partial charge on any atom is 0.412 e. The molecule has 1 amide bonds. The van der Waals surface area contributed by atoms with Crippen LogP contribution in [0.4, 0.5) is 10.5 Å².